The lowest BCUT2D eigenvalue weighted by molar-refractivity contribution is -0.147. The predicted molar refractivity (Wildman–Crippen MR) is 111 cm³/mol. The molecule has 0 unspecified atom stereocenters. The van der Waals surface area contributed by atoms with E-state index in [4.69, 9.17) is 0 Å². The number of benzene rings is 1. The third-order valence-electron chi connectivity index (χ3n) is 5.67. The molecule has 3 aromatic heterocycles. The SMILES string of the molecule is Cn1c(C(F)(F)F)nc2c(-c3ccc(F)cc3F)nc(N3CC(Cc4cn[nH]c4)C3)nc2c1=O. The molecule has 0 atom stereocenters. The molecule has 1 fully saturated rings. The summed E-state index contributed by atoms with van der Waals surface area (Å²) in [5.74, 6) is -3.12. The summed E-state index contributed by atoms with van der Waals surface area (Å²) in [7, 11) is 0.933. The fourth-order valence-electron chi connectivity index (χ4n) is 3.98. The molecule has 1 saturated heterocycles. The minimum absolute atomic E-state index is 0.0494. The zero-order valence-electron chi connectivity index (χ0n) is 17.6. The number of fused-ring (bicyclic) bond motifs is 1. The molecule has 0 aliphatic carbocycles. The van der Waals surface area contributed by atoms with Crippen LogP contribution in [0.2, 0.25) is 0 Å². The lowest BCUT2D eigenvalue weighted by Gasteiger charge is -2.39. The molecule has 34 heavy (non-hydrogen) atoms. The quantitative estimate of drug-likeness (QED) is 0.455. The minimum Gasteiger partial charge on any atom is -0.340 e. The first-order chi connectivity index (χ1) is 16.1. The Balaban J connectivity index is 1.64. The number of halogens is 5. The van der Waals surface area contributed by atoms with Gasteiger partial charge in [0, 0.05) is 38.0 Å². The number of nitrogens with one attached hydrogen (secondary N) is 1. The topological polar surface area (TPSA) is 92.6 Å². The molecular weight excluding hydrogens is 461 g/mol. The summed E-state index contributed by atoms with van der Waals surface area (Å²) in [6, 6.07) is 2.57. The predicted octanol–water partition coefficient (Wildman–Crippen LogP) is 3.09. The fourth-order valence-corrected chi connectivity index (χ4v) is 3.98. The molecule has 176 valence electrons. The summed E-state index contributed by atoms with van der Waals surface area (Å²) in [6.07, 6.45) is -0.730. The maximum absolute atomic E-state index is 14.6. The van der Waals surface area contributed by atoms with Gasteiger partial charge in [0.25, 0.3) is 5.56 Å². The van der Waals surface area contributed by atoms with Crippen molar-refractivity contribution in [1.82, 2.24) is 29.7 Å². The van der Waals surface area contributed by atoms with Crippen LogP contribution in [0.3, 0.4) is 0 Å². The summed E-state index contributed by atoms with van der Waals surface area (Å²) < 4.78 is 68.9. The van der Waals surface area contributed by atoms with E-state index >= 15 is 0 Å². The molecule has 1 aromatic carbocycles. The highest BCUT2D eigenvalue weighted by Crippen LogP contribution is 2.33. The van der Waals surface area contributed by atoms with Crippen molar-refractivity contribution >= 4 is 17.0 Å². The van der Waals surface area contributed by atoms with Crippen LogP contribution in [0, 0.1) is 17.6 Å². The minimum atomic E-state index is -4.95. The van der Waals surface area contributed by atoms with Crippen LogP contribution in [0.1, 0.15) is 11.4 Å². The van der Waals surface area contributed by atoms with Gasteiger partial charge in [-0.05, 0) is 30.0 Å². The van der Waals surface area contributed by atoms with E-state index in [1.54, 1.807) is 17.3 Å². The summed E-state index contributed by atoms with van der Waals surface area (Å²) in [4.78, 5) is 26.6. The Morgan fingerprint density at radius 1 is 1.12 bits per heavy atom. The molecule has 0 bridgehead atoms. The number of aromatic amines is 1. The van der Waals surface area contributed by atoms with Crippen LogP contribution >= 0.6 is 0 Å². The van der Waals surface area contributed by atoms with E-state index in [1.807, 2.05) is 0 Å². The van der Waals surface area contributed by atoms with Crippen LogP contribution in [0.5, 0.6) is 0 Å². The lowest BCUT2D eigenvalue weighted by Crippen LogP contribution is -2.48. The van der Waals surface area contributed by atoms with Gasteiger partial charge in [0.15, 0.2) is 5.52 Å². The molecule has 4 heterocycles. The van der Waals surface area contributed by atoms with Crippen molar-refractivity contribution in [2.75, 3.05) is 18.0 Å². The third kappa shape index (κ3) is 3.76. The Labute approximate surface area is 188 Å². The molecule has 0 radical (unpaired) electrons. The Morgan fingerprint density at radius 3 is 2.53 bits per heavy atom. The van der Waals surface area contributed by atoms with Crippen molar-refractivity contribution in [3.63, 3.8) is 0 Å². The van der Waals surface area contributed by atoms with Gasteiger partial charge in [0.1, 0.15) is 22.8 Å². The van der Waals surface area contributed by atoms with Crippen LogP contribution in [0.15, 0.2) is 35.4 Å². The lowest BCUT2D eigenvalue weighted by atomic mass is 9.94. The van der Waals surface area contributed by atoms with E-state index < -0.39 is 40.2 Å². The van der Waals surface area contributed by atoms with Gasteiger partial charge in [0.05, 0.1) is 6.20 Å². The molecule has 4 aromatic rings. The van der Waals surface area contributed by atoms with E-state index in [0.717, 1.165) is 31.2 Å². The number of alkyl halides is 3. The smallest absolute Gasteiger partial charge is 0.340 e. The second-order valence-corrected chi connectivity index (χ2v) is 8.07. The van der Waals surface area contributed by atoms with Crippen molar-refractivity contribution in [2.45, 2.75) is 12.6 Å². The van der Waals surface area contributed by atoms with Crippen molar-refractivity contribution < 1.29 is 22.0 Å². The molecule has 0 saturated carbocycles. The summed E-state index contributed by atoms with van der Waals surface area (Å²) >= 11 is 0. The highest BCUT2D eigenvalue weighted by atomic mass is 19.4. The number of anilines is 1. The molecule has 1 aliphatic heterocycles. The zero-order chi connectivity index (χ0) is 24.2. The van der Waals surface area contributed by atoms with Crippen LogP contribution < -0.4 is 10.5 Å². The van der Waals surface area contributed by atoms with Crippen LogP contribution in [0.25, 0.3) is 22.3 Å². The van der Waals surface area contributed by atoms with E-state index in [1.165, 1.54) is 0 Å². The number of aromatic nitrogens is 6. The molecule has 1 aliphatic rings. The Morgan fingerprint density at radius 2 is 1.88 bits per heavy atom. The maximum Gasteiger partial charge on any atom is 0.449 e. The number of nitrogens with zero attached hydrogens (tertiary/aromatic N) is 6. The Kier molecular flexibility index (Phi) is 5.06. The number of H-pyrrole nitrogens is 1. The standard InChI is InChI=1S/C21H16F5N7O/c1-32-18(34)17-16(29-19(32)21(24,25)26)15(13-3-2-12(22)5-14(13)23)30-20(31-17)33-8-11(9-33)4-10-6-27-28-7-10/h2-3,5-7,11H,4,8-9H2,1H3,(H,27,28). The van der Waals surface area contributed by atoms with Crippen molar-refractivity contribution in [3.05, 3.63) is 64.0 Å². The summed E-state index contributed by atoms with van der Waals surface area (Å²) in [6.45, 7) is 1.02. The largest absolute Gasteiger partial charge is 0.449 e. The van der Waals surface area contributed by atoms with Crippen LogP contribution in [0.4, 0.5) is 27.9 Å². The van der Waals surface area contributed by atoms with Gasteiger partial charge in [-0.25, -0.2) is 23.7 Å². The van der Waals surface area contributed by atoms with Crippen LogP contribution in [-0.2, 0) is 19.6 Å². The second kappa shape index (κ2) is 7.85. The average molecular weight is 477 g/mol. The first-order valence-corrected chi connectivity index (χ1v) is 10.2. The van der Waals surface area contributed by atoms with E-state index in [2.05, 4.69) is 25.1 Å². The normalized spacial score (nSPS) is 14.6. The van der Waals surface area contributed by atoms with E-state index in [9.17, 15) is 26.7 Å². The third-order valence-corrected chi connectivity index (χ3v) is 5.67. The zero-order valence-corrected chi connectivity index (χ0v) is 17.6. The Hall–Kier alpha value is -3.90. The molecule has 13 heteroatoms. The van der Waals surface area contributed by atoms with E-state index in [0.29, 0.717) is 23.7 Å². The first-order valence-electron chi connectivity index (χ1n) is 10.2. The number of rotatable bonds is 4. The van der Waals surface area contributed by atoms with Gasteiger partial charge < -0.3 is 4.90 Å². The van der Waals surface area contributed by atoms with Crippen molar-refractivity contribution in [3.8, 4) is 11.3 Å². The summed E-state index contributed by atoms with van der Waals surface area (Å²) in [5, 5.41) is 6.63. The Bertz CT molecular complexity index is 1440. The second-order valence-electron chi connectivity index (χ2n) is 8.07. The summed E-state index contributed by atoms with van der Waals surface area (Å²) in [5.41, 5.74) is -1.56. The number of hydrogen-bond acceptors (Lipinski definition) is 6. The molecular formula is C21H16F5N7O. The maximum atomic E-state index is 14.6. The van der Waals surface area contributed by atoms with Crippen molar-refractivity contribution in [2.24, 2.45) is 13.0 Å². The molecule has 0 amide bonds. The monoisotopic (exact) mass is 477 g/mol. The number of hydrogen-bond donors (Lipinski definition) is 1. The van der Waals surface area contributed by atoms with Gasteiger partial charge in [-0.15, -0.1) is 0 Å². The van der Waals surface area contributed by atoms with Crippen LogP contribution in [-0.4, -0.2) is 42.8 Å². The molecule has 0 spiro atoms. The van der Waals surface area contributed by atoms with Crippen molar-refractivity contribution in [1.29, 1.82) is 0 Å². The average Bonchev–Trinajstić information content (AvgIpc) is 3.25. The molecule has 1 N–H and O–H groups in total. The van der Waals surface area contributed by atoms with E-state index in [-0.39, 0.29) is 23.1 Å². The molecule has 5 rings (SSSR count). The highest BCUT2D eigenvalue weighted by Gasteiger charge is 2.38. The van der Waals surface area contributed by atoms with Gasteiger partial charge in [0.2, 0.25) is 11.8 Å². The highest BCUT2D eigenvalue weighted by molar-refractivity contribution is 5.89. The first kappa shape index (κ1) is 21.9. The fraction of sp³-hybridized carbons (Fsp3) is 0.286. The molecule has 8 nitrogen and oxygen atoms in total. The van der Waals surface area contributed by atoms with Gasteiger partial charge >= 0.3 is 6.18 Å². The van der Waals surface area contributed by atoms with Gasteiger partial charge in [-0.3, -0.25) is 14.5 Å². The van der Waals surface area contributed by atoms with Gasteiger partial charge in [-0.2, -0.15) is 18.3 Å². The van der Waals surface area contributed by atoms with Gasteiger partial charge in [-0.1, -0.05) is 0 Å².